The monoisotopic (exact) mass is 715 g/mol. The van der Waals surface area contributed by atoms with E-state index in [4.69, 9.17) is 19.6 Å². The van der Waals surface area contributed by atoms with E-state index in [0.29, 0.717) is 58.2 Å². The van der Waals surface area contributed by atoms with E-state index in [0.717, 1.165) is 30.5 Å². The first-order valence-corrected chi connectivity index (χ1v) is 16.2. The summed E-state index contributed by atoms with van der Waals surface area (Å²) >= 11 is 0. The summed E-state index contributed by atoms with van der Waals surface area (Å²) in [6, 6.07) is 7.09. The Balaban J connectivity index is 1.34. The molecule has 4 aromatic rings. The van der Waals surface area contributed by atoms with Gasteiger partial charge in [0.25, 0.3) is 5.56 Å². The zero-order valence-corrected chi connectivity index (χ0v) is 27.8. The summed E-state index contributed by atoms with van der Waals surface area (Å²) < 4.78 is 42.7. The zero-order chi connectivity index (χ0) is 37.0. The molecule has 3 aromatic heterocycles. The molecular formula is C36H31F2N5O9. The van der Waals surface area contributed by atoms with Gasteiger partial charge in [0.1, 0.15) is 5.56 Å². The third-order valence-electron chi connectivity index (χ3n) is 9.82. The lowest BCUT2D eigenvalue weighted by Gasteiger charge is -2.31. The third-order valence-corrected chi connectivity index (χ3v) is 9.82. The van der Waals surface area contributed by atoms with E-state index in [1.807, 2.05) is 7.05 Å². The molecule has 1 aromatic carbocycles. The Labute approximate surface area is 293 Å². The molecule has 2 atom stereocenters. The number of aliphatic carboxylic acids is 1. The third kappa shape index (κ3) is 5.89. The average Bonchev–Trinajstić information content (AvgIpc) is 3.80. The normalized spacial score (nSPS) is 17.7. The van der Waals surface area contributed by atoms with Gasteiger partial charge in [-0.25, -0.2) is 28.0 Å². The molecule has 7 rings (SSSR count). The number of pyridine rings is 3. The van der Waals surface area contributed by atoms with E-state index in [2.05, 4.69) is 9.80 Å². The number of carboxylic acids is 2. The number of hydrogen-bond acceptors (Lipinski definition) is 10. The Kier molecular flexibility index (Phi) is 8.70. The molecule has 0 bridgehead atoms. The Bertz CT molecular complexity index is 2290. The van der Waals surface area contributed by atoms with E-state index in [9.17, 15) is 29.1 Å². The minimum atomic E-state index is -1.38. The molecular weight excluding hydrogens is 684 g/mol. The van der Waals surface area contributed by atoms with Crippen LogP contribution in [0.25, 0.3) is 27.8 Å². The Hall–Kier alpha value is -6.16. The lowest BCUT2D eigenvalue weighted by atomic mass is 9.96. The number of ether oxygens (including phenoxy) is 2. The highest BCUT2D eigenvalue weighted by atomic mass is 19.2. The topological polar surface area (TPSA) is 171 Å². The van der Waals surface area contributed by atoms with Gasteiger partial charge in [-0.05, 0) is 43.1 Å². The van der Waals surface area contributed by atoms with Gasteiger partial charge in [0, 0.05) is 97.5 Å². The van der Waals surface area contributed by atoms with Crippen molar-refractivity contribution in [1.82, 2.24) is 14.3 Å². The van der Waals surface area contributed by atoms with Gasteiger partial charge in [-0.3, -0.25) is 19.1 Å². The number of halogens is 2. The summed E-state index contributed by atoms with van der Waals surface area (Å²) in [6.07, 6.45) is 4.12. The number of benzene rings is 1. The Morgan fingerprint density at radius 3 is 2.58 bits per heavy atom. The van der Waals surface area contributed by atoms with Gasteiger partial charge in [0.05, 0.1) is 17.1 Å². The number of likely N-dealkylation sites (N-methyl/N-ethyl adjacent to an activating group) is 1. The number of nitrogens with zero attached hydrogens (tertiary/aromatic N) is 5. The number of esters is 1. The van der Waals surface area contributed by atoms with E-state index in [1.54, 1.807) is 18.3 Å². The van der Waals surface area contributed by atoms with E-state index < -0.39 is 53.6 Å². The lowest BCUT2D eigenvalue weighted by molar-refractivity contribution is -0.146. The SMILES string of the molecule is CN1C[C@@H]2CCN(c3c(-c4ccc5ccc(C(=O)O)c(=O)n5c4)cnc4c3-c3c(F)c(F)cc(N(C)C(=O)OCOC(=O)/C=C/C(=O)O)c3C4)[C@@H]2C1. The summed E-state index contributed by atoms with van der Waals surface area (Å²) in [5, 5.41) is 18.2. The Morgan fingerprint density at radius 1 is 1.06 bits per heavy atom. The van der Waals surface area contributed by atoms with Crippen LogP contribution in [0.4, 0.5) is 25.0 Å². The van der Waals surface area contributed by atoms with Crippen LogP contribution in [0.1, 0.15) is 28.0 Å². The average molecular weight is 716 g/mol. The van der Waals surface area contributed by atoms with Crippen LogP contribution >= 0.6 is 0 Å². The molecule has 2 saturated heterocycles. The summed E-state index contributed by atoms with van der Waals surface area (Å²) in [4.78, 5) is 70.3. The molecule has 1 amide bonds. The van der Waals surface area contributed by atoms with Crippen molar-refractivity contribution in [2.24, 2.45) is 5.92 Å². The van der Waals surface area contributed by atoms with Crippen LogP contribution in [0, 0.1) is 17.6 Å². The summed E-state index contributed by atoms with van der Waals surface area (Å²) in [7, 11) is 3.30. The van der Waals surface area contributed by atoms with E-state index >= 15 is 8.78 Å². The van der Waals surface area contributed by atoms with Crippen LogP contribution in [-0.4, -0.2) is 95.1 Å². The van der Waals surface area contributed by atoms with Gasteiger partial charge in [-0.2, -0.15) is 0 Å². The second-order valence-corrected chi connectivity index (χ2v) is 12.9. The van der Waals surface area contributed by atoms with Gasteiger partial charge in [0.2, 0.25) is 6.79 Å². The molecule has 0 unspecified atom stereocenters. The number of likely N-dealkylation sites (tertiary alicyclic amines) is 1. The molecule has 16 heteroatoms. The Morgan fingerprint density at radius 2 is 1.83 bits per heavy atom. The number of rotatable bonds is 8. The maximum absolute atomic E-state index is 16.2. The molecule has 2 aliphatic heterocycles. The van der Waals surface area contributed by atoms with Crippen molar-refractivity contribution in [3.8, 4) is 22.3 Å². The predicted molar refractivity (Wildman–Crippen MR) is 181 cm³/mol. The van der Waals surface area contributed by atoms with Gasteiger partial charge in [0.15, 0.2) is 11.6 Å². The minimum absolute atomic E-state index is 0.0140. The highest BCUT2D eigenvalue weighted by Gasteiger charge is 2.44. The molecule has 268 valence electrons. The molecule has 5 heterocycles. The number of carbonyl (C=O) groups is 4. The minimum Gasteiger partial charge on any atom is -0.478 e. The quantitative estimate of drug-likeness (QED) is 0.136. The first kappa shape index (κ1) is 34.3. The summed E-state index contributed by atoms with van der Waals surface area (Å²) in [6.45, 7) is 1.31. The molecule has 0 radical (unpaired) electrons. The van der Waals surface area contributed by atoms with Crippen LogP contribution in [0.2, 0.25) is 0 Å². The highest BCUT2D eigenvalue weighted by Crippen LogP contribution is 2.52. The standard InChI is InChI=1S/C36H31F2N5O9/c1-40-14-19-9-10-42(27(19)16-40)33-23(18-3-4-20-5-6-21(35(48)49)34(47)43(20)15-18)13-39-25-11-22-26(12-24(37)32(38)30(22)31(25)33)41(2)36(50)52-17-51-29(46)8-7-28(44)45/h3-8,12-13,15,19,27H,9-11,14,16-17H2,1-2H3,(H,44,45)(H,48,49)/b8-7+/t19-,27+/m0/s1. The van der Waals surface area contributed by atoms with E-state index in [1.165, 1.54) is 29.8 Å². The number of carboxylic acid groups (broad SMARTS) is 2. The highest BCUT2D eigenvalue weighted by molar-refractivity contribution is 5.99. The fraction of sp³-hybridized carbons (Fsp3) is 0.278. The van der Waals surface area contributed by atoms with Crippen molar-refractivity contribution in [3.05, 3.63) is 93.7 Å². The maximum Gasteiger partial charge on any atom is 0.416 e. The number of aromatic nitrogens is 2. The lowest BCUT2D eigenvalue weighted by Crippen LogP contribution is -2.35. The zero-order valence-electron chi connectivity index (χ0n) is 27.8. The van der Waals surface area contributed by atoms with Crippen molar-refractivity contribution < 1.29 is 47.6 Å². The first-order chi connectivity index (χ1) is 24.8. The number of anilines is 2. The second-order valence-electron chi connectivity index (χ2n) is 12.9. The molecule has 52 heavy (non-hydrogen) atoms. The van der Waals surface area contributed by atoms with Crippen LogP contribution in [0.5, 0.6) is 0 Å². The van der Waals surface area contributed by atoms with Crippen LogP contribution in [-0.2, 0) is 25.5 Å². The molecule has 2 fully saturated rings. The molecule has 14 nitrogen and oxygen atoms in total. The molecule has 3 aliphatic rings. The van der Waals surface area contributed by atoms with Crippen molar-refractivity contribution >= 4 is 40.9 Å². The molecule has 2 N–H and O–H groups in total. The number of carbonyl (C=O) groups excluding carboxylic acids is 2. The van der Waals surface area contributed by atoms with Gasteiger partial charge in [-0.1, -0.05) is 6.07 Å². The molecule has 1 aliphatic carbocycles. The van der Waals surface area contributed by atoms with Gasteiger partial charge < -0.3 is 29.5 Å². The van der Waals surface area contributed by atoms with Crippen molar-refractivity contribution in [1.29, 1.82) is 0 Å². The smallest absolute Gasteiger partial charge is 0.416 e. The number of hydrogen-bond donors (Lipinski definition) is 2. The van der Waals surface area contributed by atoms with Gasteiger partial charge >= 0.3 is 24.0 Å². The van der Waals surface area contributed by atoms with Crippen molar-refractivity contribution in [2.75, 3.05) is 50.3 Å². The number of fused-ring (bicyclic) bond motifs is 5. The molecule has 0 saturated carbocycles. The summed E-state index contributed by atoms with van der Waals surface area (Å²) in [5.74, 6) is -5.89. The van der Waals surface area contributed by atoms with Crippen LogP contribution in [0.15, 0.2) is 59.7 Å². The second kappa shape index (κ2) is 13.2. The van der Waals surface area contributed by atoms with Gasteiger partial charge in [-0.15, -0.1) is 0 Å². The number of aromatic carboxylic acids is 1. The fourth-order valence-corrected chi connectivity index (χ4v) is 7.49. The van der Waals surface area contributed by atoms with Crippen LogP contribution < -0.4 is 15.4 Å². The van der Waals surface area contributed by atoms with Crippen molar-refractivity contribution in [3.63, 3.8) is 0 Å². The maximum atomic E-state index is 16.2. The largest absolute Gasteiger partial charge is 0.478 e. The molecule has 0 spiro atoms. The summed E-state index contributed by atoms with van der Waals surface area (Å²) in [5.41, 5.74) is 1.85. The first-order valence-electron chi connectivity index (χ1n) is 16.2. The van der Waals surface area contributed by atoms with Crippen molar-refractivity contribution in [2.45, 2.75) is 18.9 Å². The van der Waals surface area contributed by atoms with E-state index in [-0.39, 0.29) is 29.3 Å². The predicted octanol–water partition coefficient (Wildman–Crippen LogP) is 3.76. The van der Waals surface area contributed by atoms with Crippen LogP contribution in [0.3, 0.4) is 0 Å². The fourth-order valence-electron chi connectivity index (χ4n) is 7.49. The number of amides is 1.